The number of hydrazine groups is 1. The van der Waals surface area contributed by atoms with Crippen molar-refractivity contribution in [1.82, 2.24) is 21.1 Å². The molecule has 2 saturated heterocycles. The highest BCUT2D eigenvalue weighted by atomic mass is 16.2. The maximum Gasteiger partial charge on any atom is 0.238 e. The van der Waals surface area contributed by atoms with Gasteiger partial charge >= 0.3 is 0 Å². The average molecular weight is 359 g/mol. The fraction of sp³-hybridized carbons (Fsp3) is 0.667. The zero-order chi connectivity index (χ0) is 18.4. The Balaban J connectivity index is 1.43. The largest absolute Gasteiger partial charge is 0.351 e. The van der Waals surface area contributed by atoms with Crippen LogP contribution in [0.15, 0.2) is 24.3 Å². The smallest absolute Gasteiger partial charge is 0.238 e. The van der Waals surface area contributed by atoms with Crippen LogP contribution in [0, 0.1) is 5.92 Å². The molecule has 2 heterocycles. The third-order valence-corrected chi connectivity index (χ3v) is 5.65. The van der Waals surface area contributed by atoms with Gasteiger partial charge in [-0.25, -0.2) is 5.43 Å². The number of rotatable bonds is 6. The Labute approximate surface area is 157 Å². The monoisotopic (exact) mass is 358 g/mol. The summed E-state index contributed by atoms with van der Waals surface area (Å²) < 4.78 is 0. The number of carbonyl (C=O) groups is 1. The summed E-state index contributed by atoms with van der Waals surface area (Å²) in [5.41, 5.74) is 8.86. The van der Waals surface area contributed by atoms with Gasteiger partial charge in [0.05, 0.1) is 0 Å². The summed E-state index contributed by atoms with van der Waals surface area (Å²) in [7, 11) is 0. The molecule has 2 atom stereocenters. The molecule has 3 N–H and O–H groups in total. The Morgan fingerprint density at radius 2 is 1.73 bits per heavy atom. The van der Waals surface area contributed by atoms with Crippen molar-refractivity contribution in [3.05, 3.63) is 35.4 Å². The van der Waals surface area contributed by atoms with Crippen LogP contribution < -0.4 is 16.2 Å². The molecule has 0 radical (unpaired) electrons. The number of amides is 1. The molecule has 2 unspecified atom stereocenters. The van der Waals surface area contributed by atoms with Crippen LogP contribution >= 0.6 is 0 Å². The minimum atomic E-state index is -0.135. The van der Waals surface area contributed by atoms with Crippen LogP contribution in [0.25, 0.3) is 0 Å². The van der Waals surface area contributed by atoms with Crippen molar-refractivity contribution in [3.63, 3.8) is 0 Å². The second kappa shape index (κ2) is 9.49. The van der Waals surface area contributed by atoms with Crippen LogP contribution in [0.4, 0.5) is 0 Å². The summed E-state index contributed by atoms with van der Waals surface area (Å²) >= 11 is 0. The normalized spacial score (nSPS) is 24.6. The zero-order valence-corrected chi connectivity index (χ0v) is 16.3. The first-order chi connectivity index (χ1) is 12.6. The molecule has 1 amide bonds. The molecule has 5 nitrogen and oxygen atoms in total. The van der Waals surface area contributed by atoms with Gasteiger partial charge in [0.2, 0.25) is 5.91 Å². The molecule has 1 aromatic carbocycles. The van der Waals surface area contributed by atoms with E-state index in [4.69, 9.17) is 0 Å². The molecule has 2 aliphatic rings. The van der Waals surface area contributed by atoms with Crippen LogP contribution in [0.2, 0.25) is 0 Å². The van der Waals surface area contributed by atoms with Gasteiger partial charge in [0.1, 0.15) is 6.04 Å². The van der Waals surface area contributed by atoms with E-state index in [2.05, 4.69) is 59.2 Å². The van der Waals surface area contributed by atoms with E-state index < -0.39 is 0 Å². The SMILES string of the molecule is CC(C)C1CC(C(=O)NCc2ccc(CN3CCCCCC3)cc2)NN1. The predicted octanol–water partition coefficient (Wildman–Crippen LogP) is 2.57. The molecule has 144 valence electrons. The summed E-state index contributed by atoms with van der Waals surface area (Å²) in [6, 6.07) is 8.93. The molecular weight excluding hydrogens is 324 g/mol. The molecule has 2 aliphatic heterocycles. The Morgan fingerprint density at radius 1 is 1.08 bits per heavy atom. The Hall–Kier alpha value is -1.43. The van der Waals surface area contributed by atoms with Crippen LogP contribution in [-0.2, 0) is 17.9 Å². The Bertz CT molecular complexity index is 564. The van der Waals surface area contributed by atoms with Gasteiger partial charge in [-0.1, -0.05) is 51.0 Å². The molecule has 1 aromatic rings. The van der Waals surface area contributed by atoms with E-state index in [0.717, 1.165) is 18.5 Å². The van der Waals surface area contributed by atoms with Crippen molar-refractivity contribution in [3.8, 4) is 0 Å². The number of hydrogen-bond donors (Lipinski definition) is 3. The van der Waals surface area contributed by atoms with Gasteiger partial charge in [-0.05, 0) is 49.4 Å². The quantitative estimate of drug-likeness (QED) is 0.732. The van der Waals surface area contributed by atoms with Crippen LogP contribution in [-0.4, -0.2) is 36.0 Å². The van der Waals surface area contributed by atoms with Gasteiger partial charge < -0.3 is 5.32 Å². The van der Waals surface area contributed by atoms with Gasteiger partial charge in [0.25, 0.3) is 0 Å². The van der Waals surface area contributed by atoms with Crippen molar-refractivity contribution in [2.45, 2.75) is 71.1 Å². The number of benzene rings is 1. The van der Waals surface area contributed by atoms with Gasteiger partial charge in [0.15, 0.2) is 0 Å². The van der Waals surface area contributed by atoms with Crippen molar-refractivity contribution >= 4 is 5.91 Å². The molecule has 0 aliphatic carbocycles. The topological polar surface area (TPSA) is 56.4 Å². The average Bonchev–Trinajstić information content (AvgIpc) is 3.01. The summed E-state index contributed by atoms with van der Waals surface area (Å²) in [4.78, 5) is 14.9. The van der Waals surface area contributed by atoms with Crippen molar-refractivity contribution in [2.75, 3.05) is 13.1 Å². The van der Waals surface area contributed by atoms with Crippen molar-refractivity contribution < 1.29 is 4.79 Å². The lowest BCUT2D eigenvalue weighted by Gasteiger charge is -2.19. The van der Waals surface area contributed by atoms with Gasteiger partial charge in [-0.3, -0.25) is 15.1 Å². The summed E-state index contributed by atoms with van der Waals surface area (Å²) in [6.45, 7) is 8.42. The Kier molecular flexibility index (Phi) is 7.06. The molecule has 0 saturated carbocycles. The minimum absolute atomic E-state index is 0.0780. The number of nitrogens with zero attached hydrogens (tertiary/aromatic N) is 1. The van der Waals surface area contributed by atoms with E-state index in [9.17, 15) is 4.79 Å². The molecule has 0 spiro atoms. The van der Waals surface area contributed by atoms with Crippen molar-refractivity contribution in [1.29, 1.82) is 0 Å². The minimum Gasteiger partial charge on any atom is -0.351 e. The number of carbonyl (C=O) groups excluding carboxylic acids is 1. The zero-order valence-electron chi connectivity index (χ0n) is 16.3. The third-order valence-electron chi connectivity index (χ3n) is 5.65. The number of nitrogens with one attached hydrogen (secondary N) is 3. The van der Waals surface area contributed by atoms with Crippen LogP contribution in [0.5, 0.6) is 0 Å². The fourth-order valence-electron chi connectivity index (χ4n) is 3.82. The first kappa shape index (κ1) is 19.3. The molecule has 2 fully saturated rings. The van der Waals surface area contributed by atoms with E-state index in [1.807, 2.05) is 0 Å². The van der Waals surface area contributed by atoms with E-state index in [0.29, 0.717) is 18.5 Å². The Morgan fingerprint density at radius 3 is 2.35 bits per heavy atom. The standard InChI is InChI=1S/C21H34N4O/c1-16(2)19-13-20(24-23-19)21(26)22-14-17-7-9-18(10-8-17)15-25-11-5-3-4-6-12-25/h7-10,16,19-20,23-24H,3-6,11-15H2,1-2H3,(H,22,26). The van der Waals surface area contributed by atoms with E-state index in [1.54, 1.807) is 0 Å². The lowest BCUT2D eigenvalue weighted by Crippen LogP contribution is -2.43. The highest BCUT2D eigenvalue weighted by molar-refractivity contribution is 5.82. The summed E-state index contributed by atoms with van der Waals surface area (Å²) in [6.07, 6.45) is 6.24. The van der Waals surface area contributed by atoms with E-state index >= 15 is 0 Å². The van der Waals surface area contributed by atoms with E-state index in [1.165, 1.54) is 44.3 Å². The first-order valence-electron chi connectivity index (χ1n) is 10.2. The molecule has 0 aromatic heterocycles. The fourth-order valence-corrected chi connectivity index (χ4v) is 3.82. The van der Waals surface area contributed by atoms with Gasteiger partial charge in [-0.2, -0.15) is 0 Å². The maximum atomic E-state index is 12.3. The molecule has 5 heteroatoms. The van der Waals surface area contributed by atoms with Crippen LogP contribution in [0.3, 0.4) is 0 Å². The lowest BCUT2D eigenvalue weighted by molar-refractivity contribution is -0.123. The summed E-state index contributed by atoms with van der Waals surface area (Å²) in [5.74, 6) is 0.603. The van der Waals surface area contributed by atoms with Crippen LogP contribution in [0.1, 0.15) is 57.1 Å². The molecule has 3 rings (SSSR count). The highest BCUT2D eigenvalue weighted by Crippen LogP contribution is 2.15. The van der Waals surface area contributed by atoms with Crippen molar-refractivity contribution in [2.24, 2.45) is 5.92 Å². The van der Waals surface area contributed by atoms with Gasteiger partial charge in [-0.15, -0.1) is 0 Å². The number of hydrogen-bond acceptors (Lipinski definition) is 4. The maximum absolute atomic E-state index is 12.3. The van der Waals surface area contributed by atoms with E-state index in [-0.39, 0.29) is 11.9 Å². The second-order valence-electron chi connectivity index (χ2n) is 8.15. The first-order valence-corrected chi connectivity index (χ1v) is 10.2. The molecular formula is C21H34N4O. The number of likely N-dealkylation sites (tertiary alicyclic amines) is 1. The third kappa shape index (κ3) is 5.53. The molecule has 26 heavy (non-hydrogen) atoms. The predicted molar refractivity (Wildman–Crippen MR) is 105 cm³/mol. The lowest BCUT2D eigenvalue weighted by atomic mass is 9.99. The van der Waals surface area contributed by atoms with Gasteiger partial charge in [0, 0.05) is 19.1 Å². The molecule has 0 bridgehead atoms. The summed E-state index contributed by atoms with van der Waals surface area (Å²) in [5, 5.41) is 3.06. The second-order valence-corrected chi connectivity index (χ2v) is 8.15. The highest BCUT2D eigenvalue weighted by Gasteiger charge is 2.30.